The fourth-order valence-electron chi connectivity index (χ4n) is 2.13. The fourth-order valence-corrected chi connectivity index (χ4v) is 2.13. The number of nitrogens with zero attached hydrogens (tertiary/aromatic N) is 1. The van der Waals surface area contributed by atoms with Crippen LogP contribution >= 0.6 is 0 Å². The van der Waals surface area contributed by atoms with Crippen LogP contribution in [0, 0.1) is 15.5 Å². The Morgan fingerprint density at radius 3 is 2.25 bits per heavy atom. The van der Waals surface area contributed by atoms with Crippen molar-refractivity contribution in [2.75, 3.05) is 0 Å². The standard InChI is InChI=1S/C12H13NO3/c1-12(2)10(7-11(12)14)8-3-5-9(6-4-8)13(15)16/h3-6,10H,7H2,1-2H3/t10-/m0/s1. The highest BCUT2D eigenvalue weighted by Crippen LogP contribution is 2.49. The van der Waals surface area contributed by atoms with Crippen molar-refractivity contribution in [3.63, 3.8) is 0 Å². The Balaban J connectivity index is 2.24. The average Bonchev–Trinajstić information content (AvgIpc) is 2.26. The van der Waals surface area contributed by atoms with Gasteiger partial charge in [0.1, 0.15) is 5.78 Å². The molecule has 0 spiro atoms. The van der Waals surface area contributed by atoms with Crippen LogP contribution in [0.2, 0.25) is 0 Å². The zero-order valence-electron chi connectivity index (χ0n) is 9.27. The lowest BCUT2D eigenvalue weighted by atomic mass is 9.59. The summed E-state index contributed by atoms with van der Waals surface area (Å²) in [5.41, 5.74) is 0.776. The smallest absolute Gasteiger partial charge is 0.269 e. The van der Waals surface area contributed by atoms with Crippen LogP contribution in [0.3, 0.4) is 0 Å². The lowest BCUT2D eigenvalue weighted by molar-refractivity contribution is -0.384. The van der Waals surface area contributed by atoms with Gasteiger partial charge in [0, 0.05) is 29.9 Å². The van der Waals surface area contributed by atoms with Crippen molar-refractivity contribution in [3.8, 4) is 0 Å². The van der Waals surface area contributed by atoms with E-state index in [0.29, 0.717) is 6.42 Å². The average molecular weight is 219 g/mol. The molecule has 16 heavy (non-hydrogen) atoms. The third kappa shape index (κ3) is 1.50. The molecule has 0 amide bonds. The monoisotopic (exact) mass is 219 g/mol. The minimum Gasteiger partial charge on any atom is -0.299 e. The van der Waals surface area contributed by atoms with Gasteiger partial charge < -0.3 is 0 Å². The van der Waals surface area contributed by atoms with Gasteiger partial charge in [-0.25, -0.2) is 0 Å². The first-order chi connectivity index (χ1) is 7.43. The van der Waals surface area contributed by atoms with Crippen LogP contribution in [-0.2, 0) is 4.79 Å². The first kappa shape index (κ1) is 10.8. The summed E-state index contributed by atoms with van der Waals surface area (Å²) in [5.74, 6) is 0.455. The Morgan fingerprint density at radius 2 is 1.88 bits per heavy atom. The maximum atomic E-state index is 11.4. The summed E-state index contributed by atoms with van der Waals surface area (Å²) in [5, 5.41) is 10.5. The third-order valence-electron chi connectivity index (χ3n) is 3.49. The fraction of sp³-hybridized carbons (Fsp3) is 0.417. The summed E-state index contributed by atoms with van der Waals surface area (Å²) in [4.78, 5) is 21.5. The molecule has 1 aliphatic carbocycles. The Bertz CT molecular complexity index is 448. The minimum atomic E-state index is -0.416. The van der Waals surface area contributed by atoms with E-state index in [1.54, 1.807) is 12.1 Å². The third-order valence-corrected chi connectivity index (χ3v) is 3.49. The van der Waals surface area contributed by atoms with E-state index in [9.17, 15) is 14.9 Å². The van der Waals surface area contributed by atoms with Gasteiger partial charge in [-0.1, -0.05) is 26.0 Å². The van der Waals surface area contributed by atoms with E-state index >= 15 is 0 Å². The van der Waals surface area contributed by atoms with Crippen molar-refractivity contribution in [2.24, 2.45) is 5.41 Å². The molecule has 0 saturated heterocycles. The topological polar surface area (TPSA) is 60.2 Å². The van der Waals surface area contributed by atoms with Crippen molar-refractivity contribution < 1.29 is 9.72 Å². The van der Waals surface area contributed by atoms with Crippen molar-refractivity contribution in [3.05, 3.63) is 39.9 Å². The summed E-state index contributed by atoms with van der Waals surface area (Å²) in [6.45, 7) is 3.84. The van der Waals surface area contributed by atoms with E-state index in [1.165, 1.54) is 12.1 Å². The molecule has 0 bridgehead atoms. The van der Waals surface area contributed by atoms with Gasteiger partial charge in [-0.15, -0.1) is 0 Å². The molecule has 1 saturated carbocycles. The number of non-ortho nitro benzene ring substituents is 1. The van der Waals surface area contributed by atoms with E-state index in [-0.39, 0.29) is 22.8 Å². The highest BCUT2D eigenvalue weighted by Gasteiger charge is 2.47. The molecule has 84 valence electrons. The number of hydrogen-bond donors (Lipinski definition) is 0. The molecule has 1 aliphatic rings. The molecule has 0 aliphatic heterocycles. The number of rotatable bonds is 2. The quantitative estimate of drug-likeness (QED) is 0.567. The molecule has 1 aromatic rings. The lowest BCUT2D eigenvalue weighted by Gasteiger charge is -2.42. The molecule has 2 rings (SSSR count). The molecule has 1 aromatic carbocycles. The van der Waals surface area contributed by atoms with Gasteiger partial charge in [-0.2, -0.15) is 0 Å². The minimum absolute atomic E-state index is 0.0900. The van der Waals surface area contributed by atoms with Crippen LogP contribution in [-0.4, -0.2) is 10.7 Å². The van der Waals surface area contributed by atoms with E-state index < -0.39 is 4.92 Å². The number of nitro groups is 1. The zero-order chi connectivity index (χ0) is 11.9. The molecule has 4 heteroatoms. The summed E-state index contributed by atoms with van der Waals surface area (Å²) < 4.78 is 0. The number of carbonyl (C=O) groups excluding carboxylic acids is 1. The van der Waals surface area contributed by atoms with Crippen LogP contribution in [0.1, 0.15) is 31.7 Å². The molecule has 1 fully saturated rings. The highest BCUT2D eigenvalue weighted by molar-refractivity contribution is 5.92. The highest BCUT2D eigenvalue weighted by atomic mass is 16.6. The van der Waals surface area contributed by atoms with Gasteiger partial charge in [0.25, 0.3) is 5.69 Å². The van der Waals surface area contributed by atoms with Crippen LogP contribution < -0.4 is 0 Å². The molecular formula is C12H13NO3. The lowest BCUT2D eigenvalue weighted by Crippen LogP contribution is -2.43. The van der Waals surface area contributed by atoms with Gasteiger partial charge in [-0.05, 0) is 5.56 Å². The van der Waals surface area contributed by atoms with Gasteiger partial charge >= 0.3 is 0 Å². The molecule has 0 heterocycles. The zero-order valence-corrected chi connectivity index (χ0v) is 9.27. The second-order valence-corrected chi connectivity index (χ2v) is 4.75. The number of carbonyl (C=O) groups is 1. The first-order valence-corrected chi connectivity index (χ1v) is 5.20. The molecule has 0 aromatic heterocycles. The number of hydrogen-bond acceptors (Lipinski definition) is 3. The Kier molecular flexibility index (Phi) is 2.30. The van der Waals surface area contributed by atoms with Gasteiger partial charge in [0.2, 0.25) is 0 Å². The van der Waals surface area contributed by atoms with Crippen molar-refractivity contribution in [1.82, 2.24) is 0 Å². The van der Waals surface area contributed by atoms with Gasteiger partial charge in [0.15, 0.2) is 0 Å². The Labute approximate surface area is 93.4 Å². The largest absolute Gasteiger partial charge is 0.299 e. The van der Waals surface area contributed by atoms with Crippen LogP contribution in [0.25, 0.3) is 0 Å². The van der Waals surface area contributed by atoms with Crippen LogP contribution in [0.4, 0.5) is 5.69 Å². The predicted octanol–water partition coefficient (Wildman–Crippen LogP) is 2.68. The second kappa shape index (κ2) is 3.40. The van der Waals surface area contributed by atoms with E-state index in [1.807, 2.05) is 13.8 Å². The van der Waals surface area contributed by atoms with Crippen LogP contribution in [0.5, 0.6) is 0 Å². The second-order valence-electron chi connectivity index (χ2n) is 4.75. The number of nitro benzene ring substituents is 1. The van der Waals surface area contributed by atoms with E-state index in [2.05, 4.69) is 0 Å². The predicted molar refractivity (Wildman–Crippen MR) is 59.2 cm³/mol. The Hall–Kier alpha value is -1.71. The molecular weight excluding hydrogens is 206 g/mol. The van der Waals surface area contributed by atoms with Gasteiger partial charge in [-0.3, -0.25) is 14.9 Å². The van der Waals surface area contributed by atoms with Crippen LogP contribution in [0.15, 0.2) is 24.3 Å². The summed E-state index contributed by atoms with van der Waals surface area (Å²) in [7, 11) is 0. The molecule has 1 atom stereocenters. The maximum Gasteiger partial charge on any atom is 0.269 e. The molecule has 0 N–H and O–H groups in total. The first-order valence-electron chi connectivity index (χ1n) is 5.20. The molecule has 0 unspecified atom stereocenters. The van der Waals surface area contributed by atoms with Crippen molar-refractivity contribution in [2.45, 2.75) is 26.2 Å². The Morgan fingerprint density at radius 1 is 1.31 bits per heavy atom. The van der Waals surface area contributed by atoms with Crippen molar-refractivity contribution >= 4 is 11.5 Å². The summed E-state index contributed by atoms with van der Waals surface area (Å²) >= 11 is 0. The number of benzene rings is 1. The SMILES string of the molecule is CC1(C)C(=O)C[C@H]1c1ccc([N+](=O)[O-])cc1. The summed E-state index contributed by atoms with van der Waals surface area (Å²) in [6.07, 6.45) is 0.546. The normalized spacial score (nSPS) is 22.6. The number of Topliss-reactive ketones (excluding diaryl/α,β-unsaturated/α-hetero) is 1. The van der Waals surface area contributed by atoms with Gasteiger partial charge in [0.05, 0.1) is 4.92 Å². The molecule has 4 nitrogen and oxygen atoms in total. The summed E-state index contributed by atoms with van der Waals surface area (Å²) in [6, 6.07) is 6.48. The van der Waals surface area contributed by atoms with E-state index in [4.69, 9.17) is 0 Å². The number of ketones is 1. The van der Waals surface area contributed by atoms with E-state index in [0.717, 1.165) is 5.56 Å². The van der Waals surface area contributed by atoms with Crippen molar-refractivity contribution in [1.29, 1.82) is 0 Å². The molecule has 0 radical (unpaired) electrons. The maximum absolute atomic E-state index is 11.4.